The van der Waals surface area contributed by atoms with Crippen molar-refractivity contribution in [2.75, 3.05) is 13.2 Å². The van der Waals surface area contributed by atoms with Crippen LogP contribution in [-0.4, -0.2) is 24.1 Å². The molecule has 13 heavy (non-hydrogen) atoms. The molecule has 0 atom stereocenters. The quantitative estimate of drug-likeness (QED) is 0.698. The number of H-pyrrole nitrogens is 1. The lowest BCUT2D eigenvalue weighted by Crippen LogP contribution is -2.26. The summed E-state index contributed by atoms with van der Waals surface area (Å²) in [4.78, 5) is 24.1. The molecule has 1 rings (SSSR count). The molecule has 1 aromatic heterocycles. The third-order valence-corrected chi connectivity index (χ3v) is 1.43. The van der Waals surface area contributed by atoms with Gasteiger partial charge in [0.15, 0.2) is 0 Å². The van der Waals surface area contributed by atoms with Crippen LogP contribution in [0.4, 0.5) is 4.39 Å². The smallest absolute Gasteiger partial charge is 0.252 e. The zero-order valence-corrected chi connectivity index (χ0v) is 6.84. The highest BCUT2D eigenvalue weighted by Gasteiger charge is 2.03. The van der Waals surface area contributed by atoms with Gasteiger partial charge < -0.3 is 10.3 Å². The van der Waals surface area contributed by atoms with Crippen molar-refractivity contribution in [1.29, 1.82) is 0 Å². The number of rotatable bonds is 3. The first-order valence-corrected chi connectivity index (χ1v) is 3.77. The molecule has 1 amide bonds. The number of amides is 1. The summed E-state index contributed by atoms with van der Waals surface area (Å²) in [5.41, 5.74) is 0.0371. The van der Waals surface area contributed by atoms with E-state index in [-0.39, 0.29) is 12.1 Å². The maximum Gasteiger partial charge on any atom is 0.252 e. The number of pyridine rings is 1. The summed E-state index contributed by atoms with van der Waals surface area (Å²) >= 11 is 0. The highest BCUT2D eigenvalue weighted by atomic mass is 19.1. The van der Waals surface area contributed by atoms with Crippen LogP contribution in [0.3, 0.4) is 0 Å². The summed E-state index contributed by atoms with van der Waals surface area (Å²) < 4.78 is 11.7. The van der Waals surface area contributed by atoms with Gasteiger partial charge in [-0.25, -0.2) is 4.39 Å². The highest BCUT2D eigenvalue weighted by Crippen LogP contribution is 1.91. The van der Waals surface area contributed by atoms with E-state index in [2.05, 4.69) is 10.3 Å². The highest BCUT2D eigenvalue weighted by molar-refractivity contribution is 5.93. The first kappa shape index (κ1) is 9.44. The Morgan fingerprint density at radius 3 is 2.85 bits per heavy atom. The second-order valence-electron chi connectivity index (χ2n) is 2.39. The average Bonchev–Trinajstić information content (AvgIpc) is 2.15. The molecule has 2 N–H and O–H groups in total. The Morgan fingerprint density at radius 2 is 2.31 bits per heavy atom. The van der Waals surface area contributed by atoms with Gasteiger partial charge in [-0.1, -0.05) is 0 Å². The number of nitrogens with one attached hydrogen (secondary N) is 2. The molecular weight excluding hydrogens is 175 g/mol. The second-order valence-corrected chi connectivity index (χ2v) is 2.39. The molecule has 1 heterocycles. The molecule has 5 heteroatoms. The molecule has 0 aliphatic heterocycles. The molecule has 0 spiro atoms. The Kier molecular flexibility index (Phi) is 3.19. The lowest BCUT2D eigenvalue weighted by Gasteiger charge is -2.00. The minimum Gasteiger partial charge on any atom is -0.349 e. The van der Waals surface area contributed by atoms with Crippen LogP contribution in [0, 0.1) is 0 Å². The van der Waals surface area contributed by atoms with Gasteiger partial charge in [-0.2, -0.15) is 0 Å². The molecule has 0 saturated carbocycles. The first-order chi connectivity index (χ1) is 6.24. The number of halogens is 1. The van der Waals surface area contributed by atoms with Crippen LogP contribution in [0.2, 0.25) is 0 Å². The van der Waals surface area contributed by atoms with Gasteiger partial charge in [-0.15, -0.1) is 0 Å². The Hall–Kier alpha value is -1.65. The van der Waals surface area contributed by atoms with Crippen molar-refractivity contribution in [2.45, 2.75) is 0 Å². The fourth-order valence-electron chi connectivity index (χ4n) is 0.815. The molecule has 0 radical (unpaired) electrons. The third kappa shape index (κ3) is 2.70. The van der Waals surface area contributed by atoms with Gasteiger partial charge in [-0.05, 0) is 6.07 Å². The lowest BCUT2D eigenvalue weighted by molar-refractivity contribution is 0.0950. The SMILES string of the molecule is O=C(NCCF)c1ccc(=O)[nH]c1. The molecule has 0 unspecified atom stereocenters. The molecule has 0 fully saturated rings. The van der Waals surface area contributed by atoms with Gasteiger partial charge >= 0.3 is 0 Å². The topological polar surface area (TPSA) is 62.0 Å². The van der Waals surface area contributed by atoms with Crippen LogP contribution >= 0.6 is 0 Å². The molecule has 0 saturated heterocycles. The van der Waals surface area contributed by atoms with Crippen LogP contribution in [0.15, 0.2) is 23.1 Å². The van der Waals surface area contributed by atoms with E-state index in [1.54, 1.807) is 0 Å². The van der Waals surface area contributed by atoms with Crippen molar-refractivity contribution in [2.24, 2.45) is 0 Å². The molecule has 0 bridgehead atoms. The maximum absolute atomic E-state index is 11.7. The van der Waals surface area contributed by atoms with Gasteiger partial charge in [0.1, 0.15) is 6.67 Å². The summed E-state index contributed by atoms with van der Waals surface area (Å²) in [7, 11) is 0. The molecule has 0 aliphatic carbocycles. The normalized spacial score (nSPS) is 9.62. The number of carbonyl (C=O) groups excluding carboxylic acids is 1. The zero-order chi connectivity index (χ0) is 9.68. The van der Waals surface area contributed by atoms with Crippen LogP contribution in [0.1, 0.15) is 10.4 Å². The molecule has 70 valence electrons. The molecule has 0 aliphatic rings. The summed E-state index contributed by atoms with van der Waals surface area (Å²) in [5, 5.41) is 2.33. The third-order valence-electron chi connectivity index (χ3n) is 1.43. The van der Waals surface area contributed by atoms with Gasteiger partial charge in [0.2, 0.25) is 5.56 Å². The Balaban J connectivity index is 2.66. The minimum absolute atomic E-state index is 0.0159. The Bertz CT molecular complexity index is 328. The number of aromatic amines is 1. The van der Waals surface area contributed by atoms with Gasteiger partial charge in [0.05, 0.1) is 5.56 Å². The van der Waals surface area contributed by atoms with E-state index in [9.17, 15) is 14.0 Å². The summed E-state index contributed by atoms with van der Waals surface area (Å²) in [6, 6.07) is 2.62. The number of hydrogen-bond donors (Lipinski definition) is 2. The van der Waals surface area contributed by atoms with Crippen molar-refractivity contribution in [3.8, 4) is 0 Å². The average molecular weight is 184 g/mol. The molecule has 1 aromatic rings. The monoisotopic (exact) mass is 184 g/mol. The standard InChI is InChI=1S/C8H9FN2O2/c9-3-4-10-8(13)6-1-2-7(12)11-5-6/h1-2,5H,3-4H2,(H,10,13)(H,11,12). The van der Waals surface area contributed by atoms with Crippen LogP contribution in [0.5, 0.6) is 0 Å². The minimum atomic E-state index is -0.602. The van der Waals surface area contributed by atoms with E-state index in [0.717, 1.165) is 0 Å². The van der Waals surface area contributed by atoms with Gasteiger partial charge in [0, 0.05) is 18.8 Å². The number of aromatic nitrogens is 1. The summed E-state index contributed by atoms with van der Waals surface area (Å²) in [5.74, 6) is -0.395. The zero-order valence-electron chi connectivity index (χ0n) is 6.84. The fraction of sp³-hybridized carbons (Fsp3) is 0.250. The van der Waals surface area contributed by atoms with E-state index in [4.69, 9.17) is 0 Å². The van der Waals surface area contributed by atoms with E-state index in [1.165, 1.54) is 18.3 Å². The van der Waals surface area contributed by atoms with Crippen molar-refractivity contribution < 1.29 is 9.18 Å². The van der Waals surface area contributed by atoms with E-state index in [0.29, 0.717) is 5.56 Å². The second kappa shape index (κ2) is 4.39. The largest absolute Gasteiger partial charge is 0.349 e. The fourth-order valence-corrected chi connectivity index (χ4v) is 0.815. The van der Waals surface area contributed by atoms with E-state index >= 15 is 0 Å². The Labute approximate surface area is 73.8 Å². The number of carbonyl (C=O) groups is 1. The predicted molar refractivity (Wildman–Crippen MR) is 45.4 cm³/mol. The van der Waals surface area contributed by atoms with Crippen molar-refractivity contribution in [3.63, 3.8) is 0 Å². The molecular formula is C8H9FN2O2. The maximum atomic E-state index is 11.7. The van der Waals surface area contributed by atoms with Crippen molar-refractivity contribution in [3.05, 3.63) is 34.2 Å². The van der Waals surface area contributed by atoms with E-state index in [1.807, 2.05) is 0 Å². The molecule has 0 aromatic carbocycles. The lowest BCUT2D eigenvalue weighted by atomic mass is 10.3. The summed E-state index contributed by atoms with van der Waals surface area (Å²) in [6.45, 7) is -0.618. The van der Waals surface area contributed by atoms with Crippen LogP contribution in [0.25, 0.3) is 0 Å². The first-order valence-electron chi connectivity index (χ1n) is 3.77. The number of hydrogen-bond acceptors (Lipinski definition) is 2. The predicted octanol–water partition coefficient (Wildman–Crippen LogP) is 0.0742. The van der Waals surface area contributed by atoms with Crippen molar-refractivity contribution in [1.82, 2.24) is 10.3 Å². The summed E-state index contributed by atoms with van der Waals surface area (Å²) in [6.07, 6.45) is 1.29. The van der Waals surface area contributed by atoms with E-state index < -0.39 is 12.6 Å². The van der Waals surface area contributed by atoms with Crippen LogP contribution < -0.4 is 10.9 Å². The van der Waals surface area contributed by atoms with Crippen LogP contribution in [-0.2, 0) is 0 Å². The van der Waals surface area contributed by atoms with Gasteiger partial charge in [0.25, 0.3) is 5.91 Å². The van der Waals surface area contributed by atoms with Crippen molar-refractivity contribution >= 4 is 5.91 Å². The molecule has 4 nitrogen and oxygen atoms in total. The number of alkyl halides is 1. The van der Waals surface area contributed by atoms with Gasteiger partial charge in [-0.3, -0.25) is 9.59 Å². The Morgan fingerprint density at radius 1 is 1.54 bits per heavy atom.